The smallest absolute Gasteiger partial charge is 0.270 e. The predicted molar refractivity (Wildman–Crippen MR) is 91.9 cm³/mol. The molecule has 0 aromatic carbocycles. The van der Waals surface area contributed by atoms with Gasteiger partial charge >= 0.3 is 0 Å². The van der Waals surface area contributed by atoms with Crippen LogP contribution in [-0.2, 0) is 4.74 Å². The Kier molecular flexibility index (Phi) is 3.88. The molecular weight excluding hydrogens is 322 g/mol. The van der Waals surface area contributed by atoms with Gasteiger partial charge in [0, 0.05) is 37.2 Å². The number of nitrogens with one attached hydrogen (secondary N) is 1. The minimum absolute atomic E-state index is 0.140. The molecule has 3 aliphatic heterocycles. The second-order valence-corrected chi connectivity index (χ2v) is 7.76. The van der Waals surface area contributed by atoms with Crippen molar-refractivity contribution in [1.82, 2.24) is 14.8 Å². The number of hydrogen-bond acceptors (Lipinski definition) is 5. The molecule has 1 spiro atoms. The van der Waals surface area contributed by atoms with E-state index >= 15 is 0 Å². The number of rotatable bonds is 4. The zero-order valence-corrected chi connectivity index (χ0v) is 14.9. The summed E-state index contributed by atoms with van der Waals surface area (Å²) >= 11 is 0. The number of ether oxygens (including phenoxy) is 2. The van der Waals surface area contributed by atoms with Crippen molar-refractivity contribution in [2.45, 2.75) is 24.5 Å². The molecule has 2 bridgehead atoms. The lowest BCUT2D eigenvalue weighted by molar-refractivity contribution is 0.00250. The molecule has 1 aromatic rings. The first-order valence-electron chi connectivity index (χ1n) is 8.82. The fraction of sp³-hybridized carbons (Fsp3) is 0.667. The number of amides is 1. The summed E-state index contributed by atoms with van der Waals surface area (Å²) in [6.07, 6.45) is 3.87. The maximum atomic E-state index is 12.9. The van der Waals surface area contributed by atoms with Gasteiger partial charge in [-0.05, 0) is 26.9 Å². The predicted octanol–water partition coefficient (Wildman–Crippen LogP) is 0.565. The van der Waals surface area contributed by atoms with E-state index in [1.54, 1.807) is 0 Å². The van der Waals surface area contributed by atoms with Crippen molar-refractivity contribution in [3.05, 3.63) is 28.2 Å². The van der Waals surface area contributed by atoms with Crippen LogP contribution in [-0.4, -0.2) is 73.2 Å². The summed E-state index contributed by atoms with van der Waals surface area (Å²) in [7, 11) is 5.60. The molecular formula is C18H25N3O4. The molecule has 4 heterocycles. The van der Waals surface area contributed by atoms with Gasteiger partial charge in [0.25, 0.3) is 5.91 Å². The third-order valence-electron chi connectivity index (χ3n) is 5.97. The van der Waals surface area contributed by atoms with Crippen LogP contribution in [0.15, 0.2) is 17.1 Å². The molecule has 1 amide bonds. The van der Waals surface area contributed by atoms with Crippen molar-refractivity contribution in [1.29, 1.82) is 0 Å². The zero-order valence-electron chi connectivity index (χ0n) is 14.9. The molecule has 3 saturated heterocycles. The molecule has 3 fully saturated rings. The molecule has 0 saturated carbocycles. The van der Waals surface area contributed by atoms with Gasteiger partial charge in [-0.2, -0.15) is 0 Å². The van der Waals surface area contributed by atoms with Gasteiger partial charge in [0.2, 0.25) is 5.43 Å². The van der Waals surface area contributed by atoms with E-state index in [0.29, 0.717) is 36.7 Å². The Morgan fingerprint density at radius 2 is 2.32 bits per heavy atom. The second kappa shape index (κ2) is 5.85. The fourth-order valence-corrected chi connectivity index (χ4v) is 4.92. The van der Waals surface area contributed by atoms with Crippen molar-refractivity contribution < 1.29 is 14.3 Å². The lowest BCUT2D eigenvalue weighted by Crippen LogP contribution is -2.40. The Balaban J connectivity index is 1.55. The maximum Gasteiger partial charge on any atom is 0.270 e. The van der Waals surface area contributed by atoms with Gasteiger partial charge in [0.05, 0.1) is 25.4 Å². The third kappa shape index (κ3) is 2.57. The van der Waals surface area contributed by atoms with Crippen LogP contribution in [0.25, 0.3) is 0 Å². The van der Waals surface area contributed by atoms with Crippen LogP contribution >= 0.6 is 0 Å². The van der Waals surface area contributed by atoms with Crippen molar-refractivity contribution in [2.75, 3.05) is 40.8 Å². The number of pyridine rings is 1. The zero-order chi connectivity index (χ0) is 17.8. The molecule has 0 radical (unpaired) electrons. The molecule has 1 N–H and O–H groups in total. The van der Waals surface area contributed by atoms with E-state index in [2.05, 4.69) is 24.0 Å². The van der Waals surface area contributed by atoms with Gasteiger partial charge in [0.1, 0.15) is 5.69 Å². The highest BCUT2D eigenvalue weighted by Gasteiger charge is 2.63. The van der Waals surface area contributed by atoms with Crippen LogP contribution < -0.4 is 10.2 Å². The van der Waals surface area contributed by atoms with E-state index in [1.807, 2.05) is 4.90 Å². The highest BCUT2D eigenvalue weighted by Crippen LogP contribution is 2.55. The summed E-state index contributed by atoms with van der Waals surface area (Å²) in [5.41, 5.74) is -0.168. The van der Waals surface area contributed by atoms with E-state index in [0.717, 1.165) is 19.4 Å². The summed E-state index contributed by atoms with van der Waals surface area (Å²) in [4.78, 5) is 31.8. The highest BCUT2D eigenvalue weighted by atomic mass is 16.5. The molecule has 4 atom stereocenters. The molecule has 7 heteroatoms. The van der Waals surface area contributed by atoms with Crippen molar-refractivity contribution in [3.63, 3.8) is 0 Å². The standard InChI is InChI=1S/C18H25N3O4/c1-20(2)8-11-12-9-21(10-18(12)5-4-15(11)25-18)17(23)13-6-14(22)16(24-3)7-19-13/h6-7,11-12,15H,4-5,8-10H2,1-3H3,(H,19,22)/t11-,12+,15+,18+/m1/s1. The summed E-state index contributed by atoms with van der Waals surface area (Å²) in [6, 6.07) is 1.32. The number of fused-ring (bicyclic) bond motifs is 1. The average molecular weight is 347 g/mol. The number of hydrogen-bond donors (Lipinski definition) is 1. The Labute approximate surface area is 146 Å². The monoisotopic (exact) mass is 347 g/mol. The quantitative estimate of drug-likeness (QED) is 0.862. The largest absolute Gasteiger partial charge is 0.491 e. The number of aromatic amines is 1. The van der Waals surface area contributed by atoms with Gasteiger partial charge < -0.3 is 24.3 Å². The summed E-state index contributed by atoms with van der Waals surface area (Å²) in [5.74, 6) is 0.916. The van der Waals surface area contributed by atoms with Crippen LogP contribution in [0.1, 0.15) is 23.3 Å². The first-order chi connectivity index (χ1) is 11.9. The minimum atomic E-state index is -0.287. The van der Waals surface area contributed by atoms with Gasteiger partial charge in [-0.25, -0.2) is 0 Å². The SMILES string of the molecule is COc1c[nH]c(C(=O)N2C[C@H]3[C@@H](CN(C)C)[C@@H]4CC[C@@]3(C2)O4)cc1=O. The summed E-state index contributed by atoms with van der Waals surface area (Å²) in [6.45, 7) is 2.30. The maximum absolute atomic E-state index is 12.9. The van der Waals surface area contributed by atoms with Gasteiger partial charge in [-0.15, -0.1) is 0 Å². The molecule has 7 nitrogen and oxygen atoms in total. The number of carbonyl (C=O) groups excluding carboxylic acids is 1. The topological polar surface area (TPSA) is 74.9 Å². The first kappa shape index (κ1) is 16.6. The van der Waals surface area contributed by atoms with Crippen LogP contribution in [0.3, 0.4) is 0 Å². The Hall–Kier alpha value is -1.86. The third-order valence-corrected chi connectivity index (χ3v) is 5.97. The molecule has 0 aliphatic carbocycles. The Morgan fingerprint density at radius 3 is 3.00 bits per heavy atom. The van der Waals surface area contributed by atoms with E-state index in [4.69, 9.17) is 9.47 Å². The van der Waals surface area contributed by atoms with Gasteiger partial charge in [-0.1, -0.05) is 0 Å². The van der Waals surface area contributed by atoms with Crippen LogP contribution in [0.4, 0.5) is 0 Å². The van der Waals surface area contributed by atoms with Crippen molar-refractivity contribution in [2.24, 2.45) is 11.8 Å². The second-order valence-electron chi connectivity index (χ2n) is 7.76. The lowest BCUT2D eigenvalue weighted by Gasteiger charge is -2.30. The molecule has 1 aromatic heterocycles. The van der Waals surface area contributed by atoms with E-state index < -0.39 is 0 Å². The molecule has 136 valence electrons. The summed E-state index contributed by atoms with van der Waals surface area (Å²) < 4.78 is 11.3. The van der Waals surface area contributed by atoms with Crippen molar-refractivity contribution >= 4 is 5.91 Å². The average Bonchev–Trinajstić information content (AvgIpc) is 3.23. The van der Waals surface area contributed by atoms with Gasteiger partial charge in [-0.3, -0.25) is 9.59 Å². The van der Waals surface area contributed by atoms with Crippen LogP contribution in [0, 0.1) is 11.8 Å². The van der Waals surface area contributed by atoms with Gasteiger partial charge in [0.15, 0.2) is 5.75 Å². The number of H-pyrrole nitrogens is 1. The van der Waals surface area contributed by atoms with Crippen molar-refractivity contribution in [3.8, 4) is 5.75 Å². The first-order valence-corrected chi connectivity index (χ1v) is 8.82. The molecule has 25 heavy (non-hydrogen) atoms. The Morgan fingerprint density at radius 1 is 1.52 bits per heavy atom. The van der Waals surface area contributed by atoms with E-state index in [9.17, 15) is 9.59 Å². The number of nitrogens with zero attached hydrogens (tertiary/aromatic N) is 2. The Bertz CT molecular complexity index is 746. The molecule has 3 aliphatic rings. The molecule has 0 unspecified atom stereocenters. The normalized spacial score (nSPS) is 33.1. The highest BCUT2D eigenvalue weighted by molar-refractivity contribution is 5.92. The fourth-order valence-electron chi connectivity index (χ4n) is 4.92. The van der Waals surface area contributed by atoms with Crippen LogP contribution in [0.5, 0.6) is 5.75 Å². The minimum Gasteiger partial charge on any atom is -0.491 e. The van der Waals surface area contributed by atoms with Crippen LogP contribution in [0.2, 0.25) is 0 Å². The number of carbonyl (C=O) groups is 1. The van der Waals surface area contributed by atoms with E-state index in [1.165, 1.54) is 19.4 Å². The lowest BCUT2D eigenvalue weighted by atomic mass is 9.73. The van der Waals surface area contributed by atoms with E-state index in [-0.39, 0.29) is 22.7 Å². The summed E-state index contributed by atoms with van der Waals surface area (Å²) in [5, 5.41) is 0. The molecule has 4 rings (SSSR count). The number of aromatic nitrogens is 1. The number of methoxy groups -OCH3 is 1. The number of likely N-dealkylation sites (tertiary alicyclic amines) is 1.